The first-order valence-electron chi connectivity index (χ1n) is 6.85. The number of carbonyl (C=O) groups is 1. The molecule has 1 N–H and O–H groups in total. The molecule has 1 amide bonds. The number of nitro benzene ring substituents is 1. The standard InChI is InChI=1S/C14H20BrN3O3/c1-4-17(5-2)14(19)10(3)16-9-11-6-12(15)8-13(7-11)18(20)21/h6-8,10,16H,4-5,9H2,1-3H3. The fraction of sp³-hybridized carbons (Fsp3) is 0.500. The Kier molecular flexibility index (Phi) is 6.77. The zero-order valence-corrected chi connectivity index (χ0v) is 14.0. The number of hydrogen-bond donors (Lipinski definition) is 1. The van der Waals surface area contributed by atoms with Crippen LogP contribution >= 0.6 is 15.9 Å². The van der Waals surface area contributed by atoms with Crippen molar-refractivity contribution in [3.8, 4) is 0 Å². The maximum absolute atomic E-state index is 12.1. The zero-order chi connectivity index (χ0) is 16.0. The second-order valence-corrected chi connectivity index (χ2v) is 5.60. The number of amides is 1. The highest BCUT2D eigenvalue weighted by molar-refractivity contribution is 9.10. The van der Waals surface area contributed by atoms with Crippen LogP contribution in [-0.4, -0.2) is 34.9 Å². The Hall–Kier alpha value is -1.47. The fourth-order valence-electron chi connectivity index (χ4n) is 2.01. The van der Waals surface area contributed by atoms with Crippen molar-refractivity contribution in [2.75, 3.05) is 13.1 Å². The highest BCUT2D eigenvalue weighted by Gasteiger charge is 2.18. The maximum Gasteiger partial charge on any atom is 0.270 e. The van der Waals surface area contributed by atoms with E-state index in [-0.39, 0.29) is 17.6 Å². The van der Waals surface area contributed by atoms with E-state index in [1.165, 1.54) is 12.1 Å². The summed E-state index contributed by atoms with van der Waals surface area (Å²) in [6.07, 6.45) is 0. The third-order valence-corrected chi connectivity index (χ3v) is 3.67. The van der Waals surface area contributed by atoms with Gasteiger partial charge in [-0.05, 0) is 32.4 Å². The molecule has 0 radical (unpaired) electrons. The number of rotatable bonds is 7. The van der Waals surface area contributed by atoms with Crippen LogP contribution in [0.2, 0.25) is 0 Å². The van der Waals surface area contributed by atoms with Crippen LogP contribution in [0.5, 0.6) is 0 Å². The van der Waals surface area contributed by atoms with Crippen LogP contribution in [0.4, 0.5) is 5.69 Å². The fourth-order valence-corrected chi connectivity index (χ4v) is 2.54. The van der Waals surface area contributed by atoms with E-state index >= 15 is 0 Å². The molecule has 0 fully saturated rings. The minimum Gasteiger partial charge on any atom is -0.342 e. The van der Waals surface area contributed by atoms with Crippen LogP contribution in [0.3, 0.4) is 0 Å². The lowest BCUT2D eigenvalue weighted by Gasteiger charge is -2.23. The lowest BCUT2D eigenvalue weighted by atomic mass is 10.2. The summed E-state index contributed by atoms with van der Waals surface area (Å²) in [6.45, 7) is 7.41. The van der Waals surface area contributed by atoms with Crippen LogP contribution in [0.25, 0.3) is 0 Å². The van der Waals surface area contributed by atoms with Gasteiger partial charge >= 0.3 is 0 Å². The van der Waals surface area contributed by atoms with Gasteiger partial charge < -0.3 is 10.2 Å². The lowest BCUT2D eigenvalue weighted by molar-refractivity contribution is -0.385. The van der Waals surface area contributed by atoms with Gasteiger partial charge in [0.1, 0.15) is 0 Å². The number of hydrogen-bond acceptors (Lipinski definition) is 4. The Morgan fingerprint density at radius 2 is 2.00 bits per heavy atom. The van der Waals surface area contributed by atoms with Crippen LogP contribution < -0.4 is 5.32 Å². The molecule has 0 aliphatic carbocycles. The Morgan fingerprint density at radius 1 is 1.38 bits per heavy atom. The zero-order valence-electron chi connectivity index (χ0n) is 12.4. The third-order valence-electron chi connectivity index (χ3n) is 3.21. The molecule has 0 saturated carbocycles. The predicted molar refractivity (Wildman–Crippen MR) is 85.0 cm³/mol. The Labute approximate surface area is 132 Å². The number of halogens is 1. The van der Waals surface area contributed by atoms with Crippen LogP contribution in [0.1, 0.15) is 26.3 Å². The van der Waals surface area contributed by atoms with Crippen molar-refractivity contribution in [3.05, 3.63) is 38.3 Å². The molecule has 0 aliphatic rings. The van der Waals surface area contributed by atoms with Crippen molar-refractivity contribution < 1.29 is 9.72 Å². The van der Waals surface area contributed by atoms with E-state index in [2.05, 4.69) is 21.2 Å². The molecular formula is C14H20BrN3O3. The Morgan fingerprint density at radius 3 is 2.52 bits per heavy atom. The molecule has 0 aromatic heterocycles. The molecule has 0 aliphatic heterocycles. The quantitative estimate of drug-likeness (QED) is 0.601. The number of nitrogens with one attached hydrogen (secondary N) is 1. The molecular weight excluding hydrogens is 338 g/mol. The van der Waals surface area contributed by atoms with Gasteiger partial charge in [-0.3, -0.25) is 14.9 Å². The first kappa shape index (κ1) is 17.6. The molecule has 7 heteroatoms. The van der Waals surface area contributed by atoms with Gasteiger partial charge in [0.25, 0.3) is 5.69 Å². The average Bonchev–Trinajstić information content (AvgIpc) is 2.45. The second kappa shape index (κ2) is 8.09. The molecule has 1 unspecified atom stereocenters. The molecule has 1 aromatic rings. The van der Waals surface area contributed by atoms with Gasteiger partial charge in [0, 0.05) is 36.2 Å². The topological polar surface area (TPSA) is 75.5 Å². The minimum absolute atomic E-state index is 0.0314. The van der Waals surface area contributed by atoms with E-state index < -0.39 is 4.92 Å². The van der Waals surface area contributed by atoms with Crippen LogP contribution in [0, 0.1) is 10.1 Å². The number of nitro groups is 1. The van der Waals surface area contributed by atoms with Gasteiger partial charge in [-0.1, -0.05) is 15.9 Å². The summed E-state index contributed by atoms with van der Waals surface area (Å²) >= 11 is 3.26. The van der Waals surface area contributed by atoms with Crippen LogP contribution in [-0.2, 0) is 11.3 Å². The van der Waals surface area contributed by atoms with Gasteiger partial charge in [0.2, 0.25) is 5.91 Å². The number of likely N-dealkylation sites (N-methyl/N-ethyl adjacent to an activating group) is 1. The van der Waals surface area contributed by atoms with E-state index in [0.717, 1.165) is 5.56 Å². The first-order chi connectivity index (χ1) is 9.88. The SMILES string of the molecule is CCN(CC)C(=O)C(C)NCc1cc(Br)cc([N+](=O)[O-])c1. The average molecular weight is 358 g/mol. The Bertz CT molecular complexity index is 518. The minimum atomic E-state index is -0.432. The normalized spacial score (nSPS) is 12.0. The summed E-state index contributed by atoms with van der Waals surface area (Å²) in [5.41, 5.74) is 0.791. The molecule has 1 atom stereocenters. The van der Waals surface area contributed by atoms with E-state index in [4.69, 9.17) is 0 Å². The number of carbonyl (C=O) groups excluding carboxylic acids is 1. The summed E-state index contributed by atoms with van der Waals surface area (Å²) in [7, 11) is 0. The number of non-ortho nitro benzene ring substituents is 1. The van der Waals surface area contributed by atoms with Gasteiger partial charge in [-0.2, -0.15) is 0 Å². The molecule has 0 heterocycles. The van der Waals surface area contributed by atoms with E-state index in [1.807, 2.05) is 13.8 Å². The van der Waals surface area contributed by atoms with Crippen molar-refractivity contribution >= 4 is 27.5 Å². The third kappa shape index (κ3) is 5.09. The second-order valence-electron chi connectivity index (χ2n) is 4.69. The van der Waals surface area contributed by atoms with E-state index in [1.54, 1.807) is 17.9 Å². The van der Waals surface area contributed by atoms with Crippen molar-refractivity contribution in [1.29, 1.82) is 0 Å². The van der Waals surface area contributed by atoms with Crippen molar-refractivity contribution in [2.45, 2.75) is 33.4 Å². The van der Waals surface area contributed by atoms with Crippen molar-refractivity contribution in [1.82, 2.24) is 10.2 Å². The number of benzene rings is 1. The lowest BCUT2D eigenvalue weighted by Crippen LogP contribution is -2.44. The predicted octanol–water partition coefficient (Wildman–Crippen LogP) is 2.70. The van der Waals surface area contributed by atoms with Gasteiger partial charge in [0.05, 0.1) is 11.0 Å². The van der Waals surface area contributed by atoms with E-state index in [9.17, 15) is 14.9 Å². The molecule has 0 saturated heterocycles. The number of nitrogens with zero attached hydrogens (tertiary/aromatic N) is 2. The molecule has 0 bridgehead atoms. The molecule has 0 spiro atoms. The highest BCUT2D eigenvalue weighted by atomic mass is 79.9. The smallest absolute Gasteiger partial charge is 0.270 e. The van der Waals surface area contributed by atoms with Crippen molar-refractivity contribution in [2.24, 2.45) is 0 Å². The first-order valence-corrected chi connectivity index (χ1v) is 7.64. The van der Waals surface area contributed by atoms with Gasteiger partial charge in [0.15, 0.2) is 0 Å². The Balaban J connectivity index is 2.70. The maximum atomic E-state index is 12.1. The van der Waals surface area contributed by atoms with Crippen molar-refractivity contribution in [3.63, 3.8) is 0 Å². The highest BCUT2D eigenvalue weighted by Crippen LogP contribution is 2.21. The largest absolute Gasteiger partial charge is 0.342 e. The van der Waals surface area contributed by atoms with Gasteiger partial charge in [-0.25, -0.2) is 0 Å². The van der Waals surface area contributed by atoms with E-state index in [0.29, 0.717) is 24.1 Å². The molecule has 1 rings (SSSR count). The van der Waals surface area contributed by atoms with Gasteiger partial charge in [-0.15, -0.1) is 0 Å². The molecule has 1 aromatic carbocycles. The summed E-state index contributed by atoms with van der Waals surface area (Å²) in [4.78, 5) is 24.3. The molecule has 116 valence electrons. The summed E-state index contributed by atoms with van der Waals surface area (Å²) < 4.78 is 0.649. The molecule has 6 nitrogen and oxygen atoms in total. The van der Waals surface area contributed by atoms with Crippen LogP contribution in [0.15, 0.2) is 22.7 Å². The summed E-state index contributed by atoms with van der Waals surface area (Å²) in [5, 5.41) is 13.9. The summed E-state index contributed by atoms with van der Waals surface area (Å²) in [5.74, 6) is 0.0319. The molecule has 21 heavy (non-hydrogen) atoms. The monoisotopic (exact) mass is 357 g/mol. The summed E-state index contributed by atoms with van der Waals surface area (Å²) in [6, 6.07) is 4.43.